The molecule has 2 fully saturated rings. The standard InChI is InChI=1S/C22H26BrNO2.ClH/c23-20-10-9-16(18-5-1-2-6-19(18)20)12-14-26-22-8-4-3-7-21(22)24-13-11-17(25)15-24;/h1-2,5-6,9-10,21-22H,3-4,7-8,11-15H2;1H/t21-,22-;/m1./s1. The number of benzene rings is 2. The molecule has 0 aromatic heterocycles. The second kappa shape index (κ2) is 9.51. The average molecular weight is 453 g/mol. The molecule has 2 aliphatic rings. The molecule has 0 spiro atoms. The van der Waals surface area contributed by atoms with Gasteiger partial charge in [-0.25, -0.2) is 0 Å². The van der Waals surface area contributed by atoms with Crippen molar-refractivity contribution < 1.29 is 9.53 Å². The van der Waals surface area contributed by atoms with Crippen molar-refractivity contribution in [1.82, 2.24) is 4.90 Å². The third-order valence-electron chi connectivity index (χ3n) is 5.86. The number of halogens is 2. The van der Waals surface area contributed by atoms with Gasteiger partial charge in [-0.1, -0.05) is 59.1 Å². The lowest BCUT2D eigenvalue weighted by atomic mass is 9.91. The molecule has 1 saturated carbocycles. The van der Waals surface area contributed by atoms with E-state index in [1.165, 1.54) is 35.6 Å². The van der Waals surface area contributed by atoms with Crippen LogP contribution in [0.1, 0.15) is 37.7 Å². The van der Waals surface area contributed by atoms with Crippen molar-refractivity contribution in [2.45, 2.75) is 50.7 Å². The molecule has 1 aliphatic carbocycles. The number of carbonyl (C=O) groups is 1. The Bertz CT molecular complexity index is 797. The Hall–Kier alpha value is -0.940. The number of hydrogen-bond donors (Lipinski definition) is 0. The van der Waals surface area contributed by atoms with Crippen LogP contribution in [0.5, 0.6) is 0 Å². The minimum Gasteiger partial charge on any atom is -0.376 e. The first-order valence-corrected chi connectivity index (χ1v) is 10.5. The minimum atomic E-state index is 0. The van der Waals surface area contributed by atoms with Gasteiger partial charge in [0, 0.05) is 23.5 Å². The Balaban J connectivity index is 0.00000210. The first kappa shape index (κ1) is 20.8. The Kier molecular flexibility index (Phi) is 7.32. The highest BCUT2D eigenvalue weighted by atomic mass is 79.9. The molecule has 5 heteroatoms. The van der Waals surface area contributed by atoms with E-state index in [9.17, 15) is 4.79 Å². The van der Waals surface area contributed by atoms with Crippen molar-refractivity contribution in [2.75, 3.05) is 19.7 Å². The van der Waals surface area contributed by atoms with Gasteiger partial charge in [0.25, 0.3) is 0 Å². The number of ether oxygens (including phenoxy) is 1. The topological polar surface area (TPSA) is 29.5 Å². The van der Waals surface area contributed by atoms with Crippen LogP contribution in [0.3, 0.4) is 0 Å². The number of nitrogens with zero attached hydrogens (tertiary/aromatic N) is 1. The summed E-state index contributed by atoms with van der Waals surface area (Å²) in [6.07, 6.45) is 6.70. The Morgan fingerprint density at radius 3 is 2.63 bits per heavy atom. The van der Waals surface area contributed by atoms with E-state index in [1.807, 2.05) is 0 Å². The summed E-state index contributed by atoms with van der Waals surface area (Å²) >= 11 is 3.65. The first-order chi connectivity index (χ1) is 12.7. The summed E-state index contributed by atoms with van der Waals surface area (Å²) < 4.78 is 7.50. The van der Waals surface area contributed by atoms with Gasteiger partial charge in [-0.05, 0) is 41.7 Å². The van der Waals surface area contributed by atoms with Crippen molar-refractivity contribution in [3.05, 3.63) is 46.4 Å². The van der Waals surface area contributed by atoms with Crippen LogP contribution in [0.15, 0.2) is 40.9 Å². The number of rotatable bonds is 5. The third kappa shape index (κ3) is 4.73. The maximum Gasteiger partial charge on any atom is 0.148 e. The molecule has 0 amide bonds. The molecule has 4 rings (SSSR count). The fourth-order valence-corrected chi connectivity index (χ4v) is 4.97. The molecule has 3 nitrogen and oxygen atoms in total. The second-order valence-corrected chi connectivity index (χ2v) is 8.38. The molecule has 0 radical (unpaired) electrons. The van der Waals surface area contributed by atoms with Crippen LogP contribution < -0.4 is 0 Å². The van der Waals surface area contributed by atoms with Crippen molar-refractivity contribution in [1.29, 1.82) is 0 Å². The fraction of sp³-hybridized carbons (Fsp3) is 0.500. The van der Waals surface area contributed by atoms with E-state index < -0.39 is 0 Å². The molecule has 0 N–H and O–H groups in total. The van der Waals surface area contributed by atoms with E-state index in [1.54, 1.807) is 0 Å². The van der Waals surface area contributed by atoms with E-state index >= 15 is 0 Å². The molecule has 2 aromatic rings. The highest BCUT2D eigenvalue weighted by molar-refractivity contribution is 9.10. The zero-order chi connectivity index (χ0) is 17.9. The zero-order valence-corrected chi connectivity index (χ0v) is 17.9. The Morgan fingerprint density at radius 1 is 1.07 bits per heavy atom. The van der Waals surface area contributed by atoms with E-state index in [0.717, 1.165) is 30.5 Å². The van der Waals surface area contributed by atoms with Gasteiger partial charge in [0.15, 0.2) is 0 Å². The van der Waals surface area contributed by atoms with Gasteiger partial charge in [0.05, 0.1) is 19.3 Å². The summed E-state index contributed by atoms with van der Waals surface area (Å²) in [7, 11) is 0. The number of hydrogen-bond acceptors (Lipinski definition) is 3. The zero-order valence-electron chi connectivity index (χ0n) is 15.5. The summed E-state index contributed by atoms with van der Waals surface area (Å²) in [6.45, 7) is 2.29. The van der Waals surface area contributed by atoms with Crippen LogP contribution in [0.25, 0.3) is 10.8 Å². The van der Waals surface area contributed by atoms with Gasteiger partial charge >= 0.3 is 0 Å². The summed E-state index contributed by atoms with van der Waals surface area (Å²) in [5.74, 6) is 0.385. The average Bonchev–Trinajstić information content (AvgIpc) is 3.10. The SMILES string of the molecule is Cl.O=C1CCN([C@@H]2CCCC[C@H]2OCCc2ccc(Br)c3ccccc23)C1. The molecule has 0 unspecified atom stereocenters. The van der Waals surface area contributed by atoms with E-state index in [4.69, 9.17) is 4.74 Å². The Morgan fingerprint density at radius 2 is 1.85 bits per heavy atom. The second-order valence-electron chi connectivity index (χ2n) is 7.52. The highest BCUT2D eigenvalue weighted by Gasteiger charge is 2.34. The largest absolute Gasteiger partial charge is 0.376 e. The summed E-state index contributed by atoms with van der Waals surface area (Å²) in [5.41, 5.74) is 1.34. The molecular formula is C22H27BrClNO2. The van der Waals surface area contributed by atoms with E-state index in [2.05, 4.69) is 57.2 Å². The monoisotopic (exact) mass is 451 g/mol. The van der Waals surface area contributed by atoms with Crippen LogP contribution in [-0.2, 0) is 16.0 Å². The van der Waals surface area contributed by atoms with Crippen LogP contribution in [-0.4, -0.2) is 42.5 Å². The normalized spacial score (nSPS) is 23.5. The van der Waals surface area contributed by atoms with Gasteiger partial charge in [-0.3, -0.25) is 9.69 Å². The number of carbonyl (C=O) groups excluding carboxylic acids is 1. The summed E-state index contributed by atoms with van der Waals surface area (Å²) in [5, 5.41) is 2.56. The van der Waals surface area contributed by atoms with Crippen molar-refractivity contribution >= 4 is 44.9 Å². The van der Waals surface area contributed by atoms with Crippen LogP contribution in [0.4, 0.5) is 0 Å². The molecule has 2 aromatic carbocycles. The molecule has 0 bridgehead atoms. The molecular weight excluding hydrogens is 426 g/mol. The maximum absolute atomic E-state index is 11.7. The van der Waals surface area contributed by atoms with Gasteiger partial charge in [-0.2, -0.15) is 0 Å². The third-order valence-corrected chi connectivity index (χ3v) is 6.55. The van der Waals surface area contributed by atoms with Gasteiger partial charge in [0.2, 0.25) is 0 Å². The first-order valence-electron chi connectivity index (χ1n) is 9.76. The van der Waals surface area contributed by atoms with E-state index in [0.29, 0.717) is 24.8 Å². The molecule has 2 atom stereocenters. The van der Waals surface area contributed by atoms with Gasteiger partial charge < -0.3 is 4.74 Å². The van der Waals surface area contributed by atoms with Gasteiger partial charge in [0.1, 0.15) is 5.78 Å². The lowest BCUT2D eigenvalue weighted by molar-refractivity contribution is -0.117. The van der Waals surface area contributed by atoms with Gasteiger partial charge in [-0.15, -0.1) is 12.4 Å². The van der Waals surface area contributed by atoms with E-state index in [-0.39, 0.29) is 18.5 Å². The van der Waals surface area contributed by atoms with Crippen LogP contribution >= 0.6 is 28.3 Å². The molecule has 1 saturated heterocycles. The smallest absolute Gasteiger partial charge is 0.148 e. The summed E-state index contributed by atoms with van der Waals surface area (Å²) in [6, 6.07) is 13.3. The molecule has 1 heterocycles. The fourth-order valence-electron chi connectivity index (χ4n) is 4.49. The number of Topliss-reactive ketones (excluding diaryl/α,β-unsaturated/α-hetero) is 1. The predicted molar refractivity (Wildman–Crippen MR) is 116 cm³/mol. The minimum absolute atomic E-state index is 0. The lowest BCUT2D eigenvalue weighted by Crippen LogP contribution is -2.45. The number of ketones is 1. The molecule has 146 valence electrons. The number of likely N-dealkylation sites (tertiary alicyclic amines) is 1. The van der Waals surface area contributed by atoms with Crippen LogP contribution in [0, 0.1) is 0 Å². The predicted octanol–water partition coefficient (Wildman–Crippen LogP) is 5.17. The highest BCUT2D eigenvalue weighted by Crippen LogP contribution is 2.29. The lowest BCUT2D eigenvalue weighted by Gasteiger charge is -2.37. The quantitative estimate of drug-likeness (QED) is 0.627. The maximum atomic E-state index is 11.7. The van der Waals surface area contributed by atoms with Crippen molar-refractivity contribution in [3.63, 3.8) is 0 Å². The molecule has 1 aliphatic heterocycles. The molecule has 27 heavy (non-hydrogen) atoms. The van der Waals surface area contributed by atoms with Crippen molar-refractivity contribution in [2.24, 2.45) is 0 Å². The van der Waals surface area contributed by atoms with Crippen molar-refractivity contribution in [3.8, 4) is 0 Å². The Labute approximate surface area is 176 Å². The summed E-state index contributed by atoms with van der Waals surface area (Å²) in [4.78, 5) is 14.0. The number of fused-ring (bicyclic) bond motifs is 1. The van der Waals surface area contributed by atoms with Crippen LogP contribution in [0.2, 0.25) is 0 Å².